The second kappa shape index (κ2) is 11.0. The molecule has 0 saturated carbocycles. The molecule has 0 amide bonds. The summed E-state index contributed by atoms with van der Waals surface area (Å²) in [6.07, 6.45) is 7.30. The van der Waals surface area contributed by atoms with Gasteiger partial charge in [-0.1, -0.05) is 53.4 Å². The monoisotopic (exact) mass is 244 g/mol. The van der Waals surface area contributed by atoms with Gasteiger partial charge in [0, 0.05) is 6.61 Å². The zero-order valence-electron chi connectivity index (χ0n) is 12.2. The number of ether oxygens (including phenoxy) is 1. The maximum Gasteiger partial charge on any atom is 0.154 e. The molecule has 2 nitrogen and oxygen atoms in total. The van der Waals surface area contributed by atoms with Crippen molar-refractivity contribution in [3.8, 4) is 0 Å². The van der Waals surface area contributed by atoms with Crippen LogP contribution < -0.4 is 0 Å². The van der Waals surface area contributed by atoms with E-state index >= 15 is 0 Å². The predicted molar refractivity (Wildman–Crippen MR) is 74.0 cm³/mol. The zero-order chi connectivity index (χ0) is 13.1. The van der Waals surface area contributed by atoms with Gasteiger partial charge >= 0.3 is 0 Å². The minimum Gasteiger partial charge on any atom is -0.368 e. The van der Waals surface area contributed by atoms with Gasteiger partial charge in [0.15, 0.2) is 6.29 Å². The van der Waals surface area contributed by atoms with Gasteiger partial charge in [-0.2, -0.15) is 0 Å². The quantitative estimate of drug-likeness (QED) is 0.432. The zero-order valence-corrected chi connectivity index (χ0v) is 12.2. The van der Waals surface area contributed by atoms with E-state index in [2.05, 4.69) is 27.7 Å². The van der Waals surface area contributed by atoms with Crippen molar-refractivity contribution in [2.24, 2.45) is 11.8 Å². The third-order valence-electron chi connectivity index (χ3n) is 3.70. The lowest BCUT2D eigenvalue weighted by Crippen LogP contribution is -2.14. The van der Waals surface area contributed by atoms with Gasteiger partial charge in [-0.05, 0) is 31.1 Å². The first-order chi connectivity index (χ1) is 8.10. The van der Waals surface area contributed by atoms with Gasteiger partial charge < -0.3 is 9.84 Å². The molecule has 17 heavy (non-hydrogen) atoms. The molecular formula is C15H32O2. The first kappa shape index (κ1) is 16.9. The van der Waals surface area contributed by atoms with E-state index in [1.807, 2.05) is 0 Å². The normalized spacial score (nSPS) is 16.8. The molecule has 0 spiro atoms. The van der Waals surface area contributed by atoms with Crippen LogP contribution >= 0.6 is 0 Å². The largest absolute Gasteiger partial charge is 0.368 e. The Balaban J connectivity index is 3.30. The van der Waals surface area contributed by atoms with Crippen LogP contribution in [0.1, 0.15) is 72.6 Å². The third-order valence-corrected chi connectivity index (χ3v) is 3.70. The van der Waals surface area contributed by atoms with Crippen molar-refractivity contribution < 1.29 is 9.84 Å². The number of aliphatic hydroxyl groups is 1. The van der Waals surface area contributed by atoms with Crippen LogP contribution in [-0.4, -0.2) is 18.0 Å². The lowest BCUT2D eigenvalue weighted by Gasteiger charge is -2.14. The van der Waals surface area contributed by atoms with E-state index in [9.17, 15) is 5.11 Å². The van der Waals surface area contributed by atoms with Crippen LogP contribution in [0.5, 0.6) is 0 Å². The van der Waals surface area contributed by atoms with Crippen molar-refractivity contribution in [3.05, 3.63) is 0 Å². The number of unbranched alkanes of at least 4 members (excludes halogenated alkanes) is 1. The van der Waals surface area contributed by atoms with Gasteiger partial charge in [0.2, 0.25) is 0 Å². The molecule has 0 saturated heterocycles. The van der Waals surface area contributed by atoms with Crippen LogP contribution in [0.25, 0.3) is 0 Å². The van der Waals surface area contributed by atoms with Crippen LogP contribution in [0.3, 0.4) is 0 Å². The summed E-state index contributed by atoms with van der Waals surface area (Å²) in [6, 6.07) is 0. The molecule has 2 heteroatoms. The minimum atomic E-state index is -0.549. The first-order valence-electron chi connectivity index (χ1n) is 7.39. The smallest absolute Gasteiger partial charge is 0.154 e. The molecule has 3 atom stereocenters. The Labute approximate surface area is 108 Å². The summed E-state index contributed by atoms with van der Waals surface area (Å²) in [5.41, 5.74) is 0. The summed E-state index contributed by atoms with van der Waals surface area (Å²) in [4.78, 5) is 0. The molecule has 0 fully saturated rings. The van der Waals surface area contributed by atoms with Gasteiger partial charge in [-0.3, -0.25) is 0 Å². The van der Waals surface area contributed by atoms with Crippen LogP contribution in [0, 0.1) is 11.8 Å². The summed E-state index contributed by atoms with van der Waals surface area (Å²) in [5.74, 6) is 1.52. The molecule has 0 aliphatic rings. The van der Waals surface area contributed by atoms with Gasteiger partial charge in [-0.25, -0.2) is 0 Å². The molecule has 0 aliphatic heterocycles. The molecule has 0 rings (SSSR count). The SMILES string of the molecule is CCC(C)CCCCOC(O)CCC(C)CC. The third kappa shape index (κ3) is 10.8. The van der Waals surface area contributed by atoms with Gasteiger partial charge in [0.05, 0.1) is 0 Å². The highest BCUT2D eigenvalue weighted by Crippen LogP contribution is 2.13. The van der Waals surface area contributed by atoms with E-state index in [0.29, 0.717) is 12.5 Å². The van der Waals surface area contributed by atoms with Crippen LogP contribution in [0.2, 0.25) is 0 Å². The molecule has 0 aliphatic carbocycles. The van der Waals surface area contributed by atoms with E-state index in [1.54, 1.807) is 0 Å². The lowest BCUT2D eigenvalue weighted by atomic mass is 10.0. The second-order valence-electron chi connectivity index (χ2n) is 5.43. The van der Waals surface area contributed by atoms with Gasteiger partial charge in [-0.15, -0.1) is 0 Å². The van der Waals surface area contributed by atoms with E-state index in [0.717, 1.165) is 25.2 Å². The topological polar surface area (TPSA) is 29.5 Å². The lowest BCUT2D eigenvalue weighted by molar-refractivity contribution is -0.106. The Bertz CT molecular complexity index is 159. The molecule has 3 unspecified atom stereocenters. The van der Waals surface area contributed by atoms with E-state index in [-0.39, 0.29) is 0 Å². The standard InChI is InChI=1S/C15H32O2/c1-5-13(3)9-7-8-12-17-15(16)11-10-14(4)6-2/h13-16H,5-12H2,1-4H3. The number of aliphatic hydroxyl groups excluding tert-OH is 1. The summed E-state index contributed by atoms with van der Waals surface area (Å²) >= 11 is 0. The van der Waals surface area contributed by atoms with E-state index < -0.39 is 6.29 Å². The number of rotatable bonds is 11. The second-order valence-corrected chi connectivity index (χ2v) is 5.43. The molecule has 0 aromatic rings. The molecule has 0 aromatic heterocycles. The molecule has 0 heterocycles. The summed E-state index contributed by atoms with van der Waals surface area (Å²) < 4.78 is 5.41. The van der Waals surface area contributed by atoms with Crippen molar-refractivity contribution in [3.63, 3.8) is 0 Å². The fraction of sp³-hybridized carbons (Fsp3) is 1.00. The van der Waals surface area contributed by atoms with Crippen molar-refractivity contribution in [1.82, 2.24) is 0 Å². The highest BCUT2D eigenvalue weighted by atomic mass is 16.6. The average Bonchev–Trinajstić information content (AvgIpc) is 2.34. The molecule has 0 radical (unpaired) electrons. The molecule has 104 valence electrons. The maximum absolute atomic E-state index is 9.63. The van der Waals surface area contributed by atoms with Gasteiger partial charge in [0.1, 0.15) is 0 Å². The summed E-state index contributed by atoms with van der Waals surface area (Å²) in [7, 11) is 0. The van der Waals surface area contributed by atoms with E-state index in [4.69, 9.17) is 4.74 Å². The molecule has 1 N–H and O–H groups in total. The van der Waals surface area contributed by atoms with Crippen molar-refractivity contribution in [2.45, 2.75) is 78.9 Å². The van der Waals surface area contributed by atoms with Crippen LogP contribution in [-0.2, 0) is 4.74 Å². The molecule has 0 bridgehead atoms. The Morgan fingerprint density at radius 3 is 2.06 bits per heavy atom. The fourth-order valence-electron chi connectivity index (χ4n) is 1.73. The predicted octanol–water partition coefficient (Wildman–Crippen LogP) is 4.36. The fourth-order valence-corrected chi connectivity index (χ4v) is 1.73. The Morgan fingerprint density at radius 2 is 1.47 bits per heavy atom. The highest BCUT2D eigenvalue weighted by Gasteiger charge is 2.07. The summed E-state index contributed by atoms with van der Waals surface area (Å²) in [6.45, 7) is 9.64. The Hall–Kier alpha value is -0.0800. The number of hydrogen-bond donors (Lipinski definition) is 1. The van der Waals surface area contributed by atoms with Gasteiger partial charge in [0.25, 0.3) is 0 Å². The highest BCUT2D eigenvalue weighted by molar-refractivity contribution is 4.53. The Morgan fingerprint density at radius 1 is 0.882 bits per heavy atom. The van der Waals surface area contributed by atoms with Crippen LogP contribution in [0.4, 0.5) is 0 Å². The average molecular weight is 244 g/mol. The van der Waals surface area contributed by atoms with Crippen molar-refractivity contribution in [2.75, 3.05) is 6.61 Å². The first-order valence-corrected chi connectivity index (χ1v) is 7.39. The minimum absolute atomic E-state index is 0.549. The maximum atomic E-state index is 9.63. The van der Waals surface area contributed by atoms with Crippen LogP contribution in [0.15, 0.2) is 0 Å². The van der Waals surface area contributed by atoms with Crippen molar-refractivity contribution in [1.29, 1.82) is 0 Å². The molecular weight excluding hydrogens is 212 g/mol. The molecule has 0 aromatic carbocycles. The van der Waals surface area contributed by atoms with Crippen molar-refractivity contribution >= 4 is 0 Å². The number of hydrogen-bond acceptors (Lipinski definition) is 2. The summed E-state index contributed by atoms with van der Waals surface area (Å²) in [5, 5.41) is 9.63. The Kier molecular flexibility index (Phi) is 11.0. The van der Waals surface area contributed by atoms with E-state index in [1.165, 1.54) is 25.7 Å².